The summed E-state index contributed by atoms with van der Waals surface area (Å²) < 4.78 is 2.18. The third-order valence-electron chi connectivity index (χ3n) is 2.23. The van der Waals surface area contributed by atoms with Gasteiger partial charge in [0.05, 0.1) is 0 Å². The summed E-state index contributed by atoms with van der Waals surface area (Å²) in [6.07, 6.45) is 0. The summed E-state index contributed by atoms with van der Waals surface area (Å²) in [5.74, 6) is 0.0169. The maximum absolute atomic E-state index is 11.7. The second-order valence-corrected chi connectivity index (χ2v) is 3.16. The van der Waals surface area contributed by atoms with Crippen LogP contribution in [0.25, 0.3) is 11.2 Å². The molecule has 2 rings (SSSR count). The predicted molar refractivity (Wildman–Crippen MR) is 53.5 cm³/mol. The van der Waals surface area contributed by atoms with E-state index in [2.05, 4.69) is 20.0 Å². The molecule has 9 nitrogen and oxygen atoms in total. The van der Waals surface area contributed by atoms with E-state index < -0.39 is 11.2 Å². The number of aromatic nitrogens is 4. The molecule has 16 heavy (non-hydrogen) atoms. The predicted octanol–water partition coefficient (Wildman–Crippen LogP) is -0.858. The van der Waals surface area contributed by atoms with E-state index in [9.17, 15) is 9.59 Å². The Kier molecular flexibility index (Phi) is 2.03. The topological polar surface area (TPSA) is 123 Å². The fourth-order valence-electron chi connectivity index (χ4n) is 1.41. The molecule has 82 valence electrons. The average molecular weight is 222 g/mol. The van der Waals surface area contributed by atoms with Gasteiger partial charge in [0, 0.05) is 14.1 Å². The fraction of sp³-hybridized carbons (Fsp3) is 0.286. The monoisotopic (exact) mass is 222 g/mol. The molecule has 0 aliphatic carbocycles. The molecular weight excluding hydrogens is 214 g/mol. The van der Waals surface area contributed by atoms with Crippen molar-refractivity contribution in [3.05, 3.63) is 20.8 Å². The normalized spacial score (nSPS) is 10.4. The average Bonchev–Trinajstić information content (AvgIpc) is 2.68. The maximum atomic E-state index is 11.7. The molecule has 0 radical (unpaired) electrons. The van der Waals surface area contributed by atoms with E-state index in [0.29, 0.717) is 0 Å². The second kappa shape index (κ2) is 3.24. The highest BCUT2D eigenvalue weighted by Crippen LogP contribution is 2.09. The number of hydrogen-bond donors (Lipinski definition) is 2. The lowest BCUT2D eigenvalue weighted by molar-refractivity contribution is 0.709. The molecule has 0 spiro atoms. The van der Waals surface area contributed by atoms with Gasteiger partial charge >= 0.3 is 11.6 Å². The van der Waals surface area contributed by atoms with Crippen LogP contribution < -0.4 is 16.2 Å². The minimum absolute atomic E-state index is 0.0169. The molecule has 2 heterocycles. The number of aromatic amines is 1. The van der Waals surface area contributed by atoms with Crippen molar-refractivity contribution in [3.8, 4) is 0 Å². The summed E-state index contributed by atoms with van der Waals surface area (Å²) >= 11 is 0. The van der Waals surface area contributed by atoms with Crippen LogP contribution in [-0.4, -0.2) is 19.1 Å². The van der Waals surface area contributed by atoms with Crippen LogP contribution in [0, 0.1) is 5.53 Å². The number of aryl methyl sites for hydroxylation is 1. The van der Waals surface area contributed by atoms with Gasteiger partial charge in [-0.2, -0.15) is 4.98 Å². The first kappa shape index (κ1) is 9.99. The van der Waals surface area contributed by atoms with Crippen LogP contribution in [0.5, 0.6) is 0 Å². The Morgan fingerprint density at radius 1 is 1.38 bits per heavy atom. The summed E-state index contributed by atoms with van der Waals surface area (Å²) in [6.45, 7) is 0. The lowest BCUT2D eigenvalue weighted by atomic mass is 10.5. The first-order valence-corrected chi connectivity index (χ1v) is 4.29. The second-order valence-electron chi connectivity index (χ2n) is 3.16. The molecule has 0 fully saturated rings. The van der Waals surface area contributed by atoms with Crippen molar-refractivity contribution in [2.45, 2.75) is 0 Å². The molecule has 0 atom stereocenters. The number of hydrogen-bond acceptors (Lipinski definition) is 5. The molecule has 2 N–H and O–H groups in total. The van der Waals surface area contributed by atoms with E-state index in [0.717, 1.165) is 4.57 Å². The number of nitrogens with one attached hydrogen (secondary N) is 2. The Bertz CT molecular complexity index is 727. The van der Waals surface area contributed by atoms with Gasteiger partial charge in [-0.3, -0.25) is 13.9 Å². The molecule has 9 heteroatoms. The standard InChI is InChI=1S/C7H7N7O2/c1-13-4-3(5(15)14(2)7(13)16)9-6(10-4)11-12-8/h8H,1-2H3/p+1. The maximum Gasteiger partial charge on any atom is 0.332 e. The SMILES string of the molecule is Cn1c(=O)c2[nH]c(N=[N+]=N)nc2n(C)c1=O. The minimum atomic E-state index is -0.489. The zero-order valence-electron chi connectivity index (χ0n) is 8.55. The van der Waals surface area contributed by atoms with Crippen molar-refractivity contribution >= 4 is 17.1 Å². The van der Waals surface area contributed by atoms with E-state index in [1.54, 1.807) is 0 Å². The van der Waals surface area contributed by atoms with Crippen LogP contribution >= 0.6 is 0 Å². The lowest BCUT2D eigenvalue weighted by Gasteiger charge is -2.00. The highest BCUT2D eigenvalue weighted by atomic mass is 16.2. The van der Waals surface area contributed by atoms with Crippen molar-refractivity contribution in [1.29, 1.82) is 5.53 Å². The van der Waals surface area contributed by atoms with Crippen LogP contribution in [0.3, 0.4) is 0 Å². The van der Waals surface area contributed by atoms with Gasteiger partial charge < -0.3 is 4.98 Å². The Labute approximate surface area is 87.6 Å². The van der Waals surface area contributed by atoms with Gasteiger partial charge in [-0.1, -0.05) is 0 Å². The summed E-state index contributed by atoms with van der Waals surface area (Å²) in [7, 11) is 2.86. The highest BCUT2D eigenvalue weighted by Gasteiger charge is 2.14. The molecule has 2 aromatic rings. The van der Waals surface area contributed by atoms with E-state index in [1.807, 2.05) is 0 Å². The van der Waals surface area contributed by atoms with Crippen molar-refractivity contribution in [2.75, 3.05) is 0 Å². The molecule has 2 aromatic heterocycles. The first-order chi connectivity index (χ1) is 7.56. The molecule has 0 unspecified atom stereocenters. The molecular formula is C7H8N7O2+. The van der Waals surface area contributed by atoms with Crippen LogP contribution in [0.1, 0.15) is 0 Å². The highest BCUT2D eigenvalue weighted by molar-refractivity contribution is 5.71. The van der Waals surface area contributed by atoms with Gasteiger partial charge in [-0.15, -0.1) is 0 Å². The summed E-state index contributed by atoms with van der Waals surface area (Å²) in [4.78, 5) is 32.5. The summed E-state index contributed by atoms with van der Waals surface area (Å²) in [5.41, 5.74) is 5.94. The largest absolute Gasteiger partial charge is 0.332 e. The van der Waals surface area contributed by atoms with Crippen molar-refractivity contribution in [1.82, 2.24) is 24.0 Å². The molecule has 0 saturated carbocycles. The van der Waals surface area contributed by atoms with Gasteiger partial charge in [0.2, 0.25) is 4.91 Å². The zero-order chi connectivity index (χ0) is 11.9. The Morgan fingerprint density at radius 2 is 2.06 bits per heavy atom. The molecule has 0 aliphatic heterocycles. The van der Waals surface area contributed by atoms with E-state index >= 15 is 0 Å². The number of imidazole rings is 1. The Hall–Kier alpha value is -2.54. The first-order valence-electron chi connectivity index (χ1n) is 4.29. The quantitative estimate of drug-likeness (QED) is 0.482. The van der Waals surface area contributed by atoms with Crippen molar-refractivity contribution in [3.63, 3.8) is 0 Å². The third-order valence-corrected chi connectivity index (χ3v) is 2.23. The summed E-state index contributed by atoms with van der Waals surface area (Å²) in [6, 6.07) is 0. The van der Waals surface area contributed by atoms with Gasteiger partial charge in [-0.05, 0) is 0 Å². The van der Waals surface area contributed by atoms with Crippen molar-refractivity contribution < 1.29 is 0 Å². The Morgan fingerprint density at radius 3 is 2.69 bits per heavy atom. The Balaban J connectivity index is 3.03. The van der Waals surface area contributed by atoms with Crippen LogP contribution in [0.4, 0.5) is 5.95 Å². The fourth-order valence-corrected chi connectivity index (χ4v) is 1.41. The van der Waals surface area contributed by atoms with Crippen LogP contribution in [0.15, 0.2) is 14.7 Å². The minimum Gasteiger partial charge on any atom is -0.310 e. The van der Waals surface area contributed by atoms with E-state index in [4.69, 9.17) is 5.53 Å². The summed E-state index contributed by atoms with van der Waals surface area (Å²) in [5, 5.41) is 3.35. The number of rotatable bonds is 1. The van der Waals surface area contributed by atoms with Crippen LogP contribution in [0.2, 0.25) is 0 Å². The number of fused-ring (bicyclic) bond motifs is 1. The van der Waals surface area contributed by atoms with E-state index in [1.165, 1.54) is 18.7 Å². The van der Waals surface area contributed by atoms with Gasteiger partial charge in [0.25, 0.3) is 5.56 Å². The van der Waals surface area contributed by atoms with Gasteiger partial charge in [0.15, 0.2) is 16.3 Å². The molecule has 0 aliphatic rings. The lowest BCUT2D eigenvalue weighted by Crippen LogP contribution is -2.36. The number of H-pyrrole nitrogens is 1. The molecule has 0 bridgehead atoms. The molecule has 0 saturated heterocycles. The smallest absolute Gasteiger partial charge is 0.310 e. The third kappa shape index (κ3) is 1.19. The molecule has 0 aromatic carbocycles. The van der Waals surface area contributed by atoms with Gasteiger partial charge in [-0.25, -0.2) is 4.79 Å². The van der Waals surface area contributed by atoms with Gasteiger partial charge in [0.1, 0.15) is 5.53 Å². The molecule has 0 amide bonds. The van der Waals surface area contributed by atoms with E-state index in [-0.39, 0.29) is 17.1 Å². The van der Waals surface area contributed by atoms with Crippen LogP contribution in [-0.2, 0) is 14.1 Å². The van der Waals surface area contributed by atoms with Crippen molar-refractivity contribution in [2.24, 2.45) is 19.2 Å². The zero-order valence-corrected chi connectivity index (χ0v) is 8.55. The number of nitrogens with zero attached hydrogens (tertiary/aromatic N) is 5.